The van der Waals surface area contributed by atoms with Crippen molar-refractivity contribution in [2.45, 2.75) is 30.4 Å². The molecule has 46 heavy (non-hydrogen) atoms. The SMILES string of the molecule is BC(Nc1cc(Cl)c2ncc(C#N)c(N[C@H](CCC#N)c3ccccc3)c2c1)(C1=CN(C(F)(F)CO)NN1)c1cccc(C#N)c1. The Bertz CT molecular complexity index is 1920. The second-order valence-electron chi connectivity index (χ2n) is 10.7. The molecule has 2 atom stereocenters. The molecule has 0 fully saturated rings. The normalized spacial score (nSPS) is 14.6. The predicted octanol–water partition coefficient (Wildman–Crippen LogP) is 4.74. The second-order valence-corrected chi connectivity index (χ2v) is 11.1. The van der Waals surface area contributed by atoms with Crippen LogP contribution in [-0.2, 0) is 5.44 Å². The number of aromatic nitrogens is 1. The molecule has 0 radical (unpaired) electrons. The van der Waals surface area contributed by atoms with Gasteiger partial charge < -0.3 is 21.2 Å². The van der Waals surface area contributed by atoms with Crippen LogP contribution in [0.15, 0.2) is 84.8 Å². The summed E-state index contributed by atoms with van der Waals surface area (Å²) < 4.78 is 28.8. The van der Waals surface area contributed by atoms with E-state index in [-0.39, 0.29) is 28.7 Å². The van der Waals surface area contributed by atoms with Crippen LogP contribution < -0.4 is 21.6 Å². The largest absolute Gasteiger partial charge is 0.388 e. The van der Waals surface area contributed by atoms with Gasteiger partial charge in [-0.25, -0.2) is 5.01 Å². The molecule has 5 N–H and O–H groups in total. The number of fused-ring (bicyclic) bond motifs is 1. The summed E-state index contributed by atoms with van der Waals surface area (Å²) in [5, 5.41) is 46.3. The molecule has 0 bridgehead atoms. The smallest absolute Gasteiger partial charge is 0.362 e. The van der Waals surface area contributed by atoms with Crippen LogP contribution in [0.4, 0.5) is 20.2 Å². The van der Waals surface area contributed by atoms with Gasteiger partial charge in [0.05, 0.1) is 56.7 Å². The van der Waals surface area contributed by atoms with Gasteiger partial charge in [-0.3, -0.25) is 4.98 Å². The molecular weight excluding hydrogens is 611 g/mol. The summed E-state index contributed by atoms with van der Waals surface area (Å²) in [6.45, 7) is -1.43. The molecule has 0 spiro atoms. The lowest BCUT2D eigenvalue weighted by Crippen LogP contribution is -2.50. The number of halogens is 3. The third-order valence-electron chi connectivity index (χ3n) is 7.72. The minimum Gasteiger partial charge on any atom is -0.388 e. The second kappa shape index (κ2) is 13.3. The van der Waals surface area contributed by atoms with Gasteiger partial charge in [-0.05, 0) is 41.8 Å². The molecule has 1 aliphatic heterocycles. The van der Waals surface area contributed by atoms with Crippen LogP contribution in [0.25, 0.3) is 10.9 Å². The summed E-state index contributed by atoms with van der Waals surface area (Å²) in [5.74, 6) is 0. The van der Waals surface area contributed by atoms with Crippen LogP contribution in [0.2, 0.25) is 5.02 Å². The number of pyridine rings is 1. The number of aliphatic hydroxyl groups excluding tert-OH is 1. The van der Waals surface area contributed by atoms with Crippen molar-refractivity contribution in [3.05, 3.63) is 112 Å². The predicted molar refractivity (Wildman–Crippen MR) is 172 cm³/mol. The van der Waals surface area contributed by atoms with Gasteiger partial charge in [-0.15, -0.1) is 5.53 Å². The first-order valence-electron chi connectivity index (χ1n) is 14.1. The number of hydrogen-bond donors (Lipinski definition) is 5. The maximum absolute atomic E-state index is 14.4. The minimum absolute atomic E-state index is 0.245. The van der Waals surface area contributed by atoms with Gasteiger partial charge in [0.1, 0.15) is 20.5 Å². The number of anilines is 2. The number of benzene rings is 3. The Hall–Kier alpha value is -5.39. The highest BCUT2D eigenvalue weighted by Gasteiger charge is 2.42. The molecule has 2 heterocycles. The van der Waals surface area contributed by atoms with Crippen molar-refractivity contribution >= 4 is 41.7 Å². The van der Waals surface area contributed by atoms with Crippen molar-refractivity contribution in [3.63, 3.8) is 0 Å². The molecular formula is C32H27BClF2N9O. The zero-order valence-electron chi connectivity index (χ0n) is 24.5. The van der Waals surface area contributed by atoms with Gasteiger partial charge in [0.2, 0.25) is 0 Å². The van der Waals surface area contributed by atoms with E-state index in [1.165, 1.54) is 6.20 Å². The lowest BCUT2D eigenvalue weighted by atomic mass is 9.69. The number of aliphatic hydroxyl groups is 1. The third kappa shape index (κ3) is 6.37. The topological polar surface area (TPSA) is 156 Å². The Morgan fingerprint density at radius 1 is 1.07 bits per heavy atom. The number of nitriles is 3. The van der Waals surface area contributed by atoms with Gasteiger partial charge in [0.15, 0.2) is 0 Å². The van der Waals surface area contributed by atoms with Crippen molar-refractivity contribution in [2.75, 3.05) is 17.2 Å². The van der Waals surface area contributed by atoms with E-state index in [0.29, 0.717) is 44.8 Å². The minimum atomic E-state index is -3.61. The van der Waals surface area contributed by atoms with E-state index >= 15 is 0 Å². The van der Waals surface area contributed by atoms with E-state index in [9.17, 15) is 29.7 Å². The molecule has 230 valence electrons. The molecule has 1 aromatic heterocycles. The van der Waals surface area contributed by atoms with E-state index < -0.39 is 18.1 Å². The number of hydrogen-bond acceptors (Lipinski definition) is 10. The summed E-state index contributed by atoms with van der Waals surface area (Å²) in [5.41, 5.74) is 7.55. The zero-order chi connectivity index (χ0) is 32.9. The summed E-state index contributed by atoms with van der Waals surface area (Å²) in [6.07, 6.45) is 3.30. The quantitative estimate of drug-likeness (QED) is 0.115. The molecule has 1 unspecified atom stereocenters. The van der Waals surface area contributed by atoms with Crippen LogP contribution in [0, 0.1) is 34.0 Å². The Balaban J connectivity index is 1.64. The average molecular weight is 638 g/mol. The van der Waals surface area contributed by atoms with Gasteiger partial charge in [0.25, 0.3) is 0 Å². The highest BCUT2D eigenvalue weighted by Crippen LogP contribution is 2.39. The van der Waals surface area contributed by atoms with Gasteiger partial charge in [-0.2, -0.15) is 24.6 Å². The van der Waals surface area contributed by atoms with E-state index in [1.54, 1.807) is 44.2 Å². The van der Waals surface area contributed by atoms with E-state index in [2.05, 4.69) is 44.8 Å². The molecule has 3 aromatic carbocycles. The van der Waals surface area contributed by atoms with Crippen LogP contribution in [0.1, 0.15) is 41.1 Å². The number of rotatable bonds is 11. The van der Waals surface area contributed by atoms with Crippen LogP contribution in [0.5, 0.6) is 0 Å². The molecule has 0 saturated carbocycles. The number of nitrogens with one attached hydrogen (secondary N) is 4. The maximum Gasteiger partial charge on any atom is 0.362 e. The fourth-order valence-corrected chi connectivity index (χ4v) is 5.53. The lowest BCUT2D eigenvalue weighted by molar-refractivity contribution is -0.171. The Morgan fingerprint density at radius 2 is 1.85 bits per heavy atom. The fourth-order valence-electron chi connectivity index (χ4n) is 5.27. The van der Waals surface area contributed by atoms with Crippen molar-refractivity contribution in [3.8, 4) is 18.2 Å². The standard InChI is InChI=1S/C32H27BClF2N9O/c33-32(23-9-4-6-20(12-23)15-38,28-18-45(44-43-28)31(35,36)19-46)42-24-13-25-29(22(16-39)17-40-30(25)26(34)14-24)41-27(10-5-11-37)21-7-2-1-3-8-21/h1-4,6-9,12-14,17-18,27,42-44,46H,5,10,19,33H2,(H,40,41)/t27-,32?/m1/s1. The van der Waals surface area contributed by atoms with Gasteiger partial charge >= 0.3 is 6.05 Å². The Morgan fingerprint density at radius 3 is 2.54 bits per heavy atom. The maximum atomic E-state index is 14.4. The van der Waals surface area contributed by atoms with E-state index in [1.807, 2.05) is 30.3 Å². The summed E-state index contributed by atoms with van der Waals surface area (Å²) in [7, 11) is 1.74. The first kappa shape index (κ1) is 32.0. The molecule has 14 heteroatoms. The summed E-state index contributed by atoms with van der Waals surface area (Å²) in [4.78, 5) is 4.44. The fraction of sp³-hybridized carbons (Fsp3) is 0.188. The molecule has 0 aliphatic carbocycles. The van der Waals surface area contributed by atoms with Crippen LogP contribution >= 0.6 is 11.6 Å². The first-order chi connectivity index (χ1) is 22.1. The van der Waals surface area contributed by atoms with Crippen molar-refractivity contribution in [1.29, 1.82) is 15.8 Å². The molecule has 4 aromatic rings. The average Bonchev–Trinajstić information content (AvgIpc) is 3.59. The van der Waals surface area contributed by atoms with Crippen LogP contribution in [0.3, 0.4) is 0 Å². The number of alkyl halides is 2. The molecule has 1 aliphatic rings. The Labute approximate surface area is 269 Å². The number of hydrazine groups is 2. The third-order valence-corrected chi connectivity index (χ3v) is 8.01. The van der Waals surface area contributed by atoms with E-state index in [0.717, 1.165) is 11.8 Å². The molecule has 10 nitrogen and oxygen atoms in total. The summed E-state index contributed by atoms with van der Waals surface area (Å²) in [6, 6.07) is 22.2. The highest BCUT2D eigenvalue weighted by molar-refractivity contribution is 6.36. The lowest BCUT2D eigenvalue weighted by Gasteiger charge is -2.34. The number of nitrogens with zero attached hydrogens (tertiary/aromatic N) is 5. The van der Waals surface area contributed by atoms with Crippen molar-refractivity contribution in [2.24, 2.45) is 0 Å². The van der Waals surface area contributed by atoms with Crippen molar-refractivity contribution in [1.82, 2.24) is 21.0 Å². The zero-order valence-corrected chi connectivity index (χ0v) is 25.3. The highest BCUT2D eigenvalue weighted by atomic mass is 35.5. The van der Waals surface area contributed by atoms with Crippen molar-refractivity contribution < 1.29 is 13.9 Å². The monoisotopic (exact) mass is 637 g/mol. The van der Waals surface area contributed by atoms with Gasteiger partial charge in [0, 0.05) is 29.9 Å². The first-order valence-corrected chi connectivity index (χ1v) is 14.5. The van der Waals surface area contributed by atoms with Gasteiger partial charge in [-0.1, -0.05) is 54.1 Å². The Kier molecular flexibility index (Phi) is 9.27. The summed E-state index contributed by atoms with van der Waals surface area (Å²) >= 11 is 6.77. The molecule has 0 saturated heterocycles. The van der Waals surface area contributed by atoms with Crippen LogP contribution in [-0.4, -0.2) is 35.6 Å². The molecule has 0 amide bonds. The van der Waals surface area contributed by atoms with E-state index in [4.69, 9.17) is 11.6 Å². The molecule has 5 rings (SSSR count).